The van der Waals surface area contributed by atoms with Gasteiger partial charge in [-0.15, -0.1) is 0 Å². The summed E-state index contributed by atoms with van der Waals surface area (Å²) in [6, 6.07) is 0. The van der Waals surface area contributed by atoms with Crippen molar-refractivity contribution in [2.45, 2.75) is 0 Å². The molecule has 0 aromatic rings. The van der Waals surface area contributed by atoms with Gasteiger partial charge in [0.2, 0.25) is 0 Å². The van der Waals surface area contributed by atoms with Crippen LogP contribution in [0.1, 0.15) is 0 Å². The van der Waals surface area contributed by atoms with Gasteiger partial charge in [0.15, 0.2) is 0 Å². The second-order valence-corrected chi connectivity index (χ2v) is 0. The van der Waals surface area contributed by atoms with Gasteiger partial charge in [-0.05, 0) is 0 Å². The van der Waals surface area contributed by atoms with E-state index in [4.69, 9.17) is 0 Å². The number of halogens is 7. The molecule has 0 atom stereocenters. The second kappa shape index (κ2) is 2080. The van der Waals surface area contributed by atoms with Crippen molar-refractivity contribution in [1.29, 1.82) is 0 Å². The van der Waals surface area contributed by atoms with Crippen LogP contribution in [0.2, 0.25) is 0 Å². The Morgan fingerprint density at radius 1 is 0.375 bits per heavy atom. The molecule has 8 heavy (non-hydrogen) atoms. The second-order valence-electron chi connectivity index (χ2n) is 0. The summed E-state index contributed by atoms with van der Waals surface area (Å²) in [5.41, 5.74) is 0. The largest absolute Gasteiger partial charge is 4.00 e. The van der Waals surface area contributed by atoms with Crippen LogP contribution < -0.4 is 18.8 Å². The Bertz CT molecular complexity index is 4.35. The molecule has 0 aliphatic rings. The maximum Gasteiger partial charge on any atom is 4.00 e. The Morgan fingerprint density at radius 2 is 0.375 bits per heavy atom. The van der Waals surface area contributed by atoms with E-state index in [1.807, 2.05) is 0 Å². The van der Waals surface area contributed by atoms with Crippen LogP contribution >= 0.6 is 0 Å². The maximum atomic E-state index is 0. The van der Waals surface area contributed by atoms with Gasteiger partial charge in [-0.2, -0.15) is 0 Å². The summed E-state index contributed by atoms with van der Waals surface area (Å²) in [6.07, 6.45) is 0. The van der Waals surface area contributed by atoms with E-state index in [0.717, 1.165) is 0 Å². The van der Waals surface area contributed by atoms with Gasteiger partial charge < -0.3 is 18.8 Å². The van der Waals surface area contributed by atoms with Gasteiger partial charge in [-0.25, -0.2) is 0 Å². The minimum absolute atomic E-state index is 0. The van der Waals surface area contributed by atoms with Crippen molar-refractivity contribution in [3.05, 3.63) is 0 Å². The van der Waals surface area contributed by atoms with Crippen molar-refractivity contribution < 1.29 is 58.8 Å². The first kappa shape index (κ1) is 3160. The molecule has 0 heterocycles. The number of hydrogen-bond acceptors (Lipinski definition) is 0. The van der Waals surface area contributed by atoms with Crippen LogP contribution in [0, 0.1) is 0 Å². The molecule has 56 valence electrons. The van der Waals surface area contributed by atoms with Crippen molar-refractivity contribution in [2.75, 3.05) is 0 Å². The minimum atomic E-state index is 0. The van der Waals surface area contributed by atoms with Gasteiger partial charge >= 0.3 is 25.8 Å². The molecule has 0 aliphatic heterocycles. The van der Waals surface area contributed by atoms with Gasteiger partial charge in [0, 0.05) is 0 Å². The molecule has 0 aromatic carbocycles. The molecular formula is H3F7Hf. The molecule has 0 aromatic heterocycles. The average Bonchev–Trinajstić information content (AvgIpc) is 0. The monoisotopic (exact) mass is 316 g/mol. The Labute approximate surface area is 59.4 Å². The van der Waals surface area contributed by atoms with Crippen LogP contribution in [0.5, 0.6) is 0 Å². The molecule has 8 heteroatoms. The van der Waals surface area contributed by atoms with Crippen LogP contribution in [-0.4, -0.2) is 0 Å². The van der Waals surface area contributed by atoms with E-state index >= 15 is 0 Å². The quantitative estimate of drug-likeness (QED) is 0.308. The standard InChI is InChI=1S/7FH.Hf/h7*1H;/q;;;;;;;+4/p-4. The average molecular weight is 314 g/mol. The van der Waals surface area contributed by atoms with Gasteiger partial charge in [0.25, 0.3) is 0 Å². The summed E-state index contributed by atoms with van der Waals surface area (Å²) in [6.45, 7) is 0. The van der Waals surface area contributed by atoms with Gasteiger partial charge in [0.1, 0.15) is 0 Å². The summed E-state index contributed by atoms with van der Waals surface area (Å²) in [4.78, 5) is 0. The topological polar surface area (TPSA) is 0 Å². The third-order valence-electron chi connectivity index (χ3n) is 0. The maximum absolute atomic E-state index is 0. The van der Waals surface area contributed by atoms with E-state index in [9.17, 15) is 0 Å². The third-order valence-corrected chi connectivity index (χ3v) is 0. The zero-order chi connectivity index (χ0) is 0. The van der Waals surface area contributed by atoms with Crippen LogP contribution in [0.3, 0.4) is 0 Å². The smallest absolute Gasteiger partial charge is 1.00 e. The van der Waals surface area contributed by atoms with Crippen molar-refractivity contribution in [1.82, 2.24) is 0 Å². The van der Waals surface area contributed by atoms with Crippen molar-refractivity contribution in [3.63, 3.8) is 0 Å². The van der Waals surface area contributed by atoms with Crippen LogP contribution in [0.15, 0.2) is 0 Å². The Hall–Kier alpha value is 0.380. The summed E-state index contributed by atoms with van der Waals surface area (Å²) < 4.78 is 0. The number of hydrogen-bond donors (Lipinski definition) is 0. The van der Waals surface area contributed by atoms with E-state index in [2.05, 4.69) is 0 Å². The molecule has 0 amide bonds. The zero-order valence-corrected chi connectivity index (χ0v) is 6.83. The predicted molar refractivity (Wildman–Crippen MR) is 7.51 cm³/mol. The fraction of sp³-hybridized carbons (Fsp3) is 0. The van der Waals surface area contributed by atoms with E-state index in [0.29, 0.717) is 0 Å². The third kappa shape index (κ3) is 1280. The SMILES string of the molecule is F.F.F.[F-].[F-].[F-].[F-].[Hf+4]. The molecular weight excluding hydrogens is 311 g/mol. The van der Waals surface area contributed by atoms with E-state index in [1.54, 1.807) is 0 Å². The fourth-order valence-electron chi connectivity index (χ4n) is 0. The van der Waals surface area contributed by atoms with Crippen LogP contribution in [0.4, 0.5) is 14.1 Å². The van der Waals surface area contributed by atoms with Crippen molar-refractivity contribution in [2.24, 2.45) is 0 Å². The van der Waals surface area contributed by atoms with Crippen LogP contribution in [-0.2, 0) is 25.8 Å². The van der Waals surface area contributed by atoms with Crippen molar-refractivity contribution >= 4 is 0 Å². The first-order valence-corrected chi connectivity index (χ1v) is 0. The minimum Gasteiger partial charge on any atom is -1.00 e. The van der Waals surface area contributed by atoms with E-state index < -0.39 is 0 Å². The summed E-state index contributed by atoms with van der Waals surface area (Å²) in [5.74, 6) is 0. The van der Waals surface area contributed by atoms with Gasteiger partial charge in [-0.3, -0.25) is 14.1 Å². The van der Waals surface area contributed by atoms with Crippen molar-refractivity contribution in [3.8, 4) is 0 Å². The first-order valence-electron chi connectivity index (χ1n) is 0. The van der Waals surface area contributed by atoms with Crippen LogP contribution in [0.25, 0.3) is 0 Å². The molecule has 0 unspecified atom stereocenters. The Kier molecular flexibility index (Phi) is 821000. The Morgan fingerprint density at radius 3 is 0.375 bits per heavy atom. The molecule has 0 aliphatic carbocycles. The summed E-state index contributed by atoms with van der Waals surface area (Å²) >= 11 is 0. The molecule has 0 saturated carbocycles. The molecule has 0 spiro atoms. The van der Waals surface area contributed by atoms with E-state index in [1.165, 1.54) is 0 Å². The predicted octanol–water partition coefficient (Wildman–Crippen LogP) is -11.5. The molecule has 0 rings (SSSR count). The molecule has 0 radical (unpaired) electrons. The molecule has 0 N–H and O–H groups in total. The zero-order valence-electron chi connectivity index (χ0n) is 3.24. The fourth-order valence-corrected chi connectivity index (χ4v) is 0. The molecule has 0 bridgehead atoms. The molecule has 0 nitrogen and oxygen atoms in total. The normalized spacial score (nSPS) is 0. The molecule has 0 saturated heterocycles. The van der Waals surface area contributed by atoms with Gasteiger partial charge in [0.05, 0.1) is 0 Å². The van der Waals surface area contributed by atoms with Gasteiger partial charge in [-0.1, -0.05) is 0 Å². The summed E-state index contributed by atoms with van der Waals surface area (Å²) in [5, 5.41) is 0. The molecule has 0 fully saturated rings. The first-order chi connectivity index (χ1) is 0. The summed E-state index contributed by atoms with van der Waals surface area (Å²) in [7, 11) is 0. The van der Waals surface area contributed by atoms with E-state index in [-0.39, 0.29) is 58.8 Å². The Balaban J connectivity index is 0. The number of rotatable bonds is 0.